The summed E-state index contributed by atoms with van der Waals surface area (Å²) < 4.78 is 0. The van der Waals surface area contributed by atoms with E-state index in [0.29, 0.717) is 5.33 Å². The largest absolute Gasteiger partial charge is 0.480 e. The standard InChI is InChI=1S/C9H15BrN2O5S2/c10-2-1-5(13)7(6(12)9(16)17)19-18-3-4(11)8(14)15/h4,6-7H,1-3,11-12H2,(H,14,15)(H,16,17)/t4-,6-,7?/m0/s1. The maximum atomic E-state index is 11.7. The number of Topliss-reactive ketones (excluding diaryl/α,β-unsaturated/α-hetero) is 1. The number of carbonyl (C=O) groups is 3. The number of carboxylic acids is 2. The first-order chi connectivity index (χ1) is 8.81. The molecule has 10 heteroatoms. The molecular weight excluding hydrogens is 360 g/mol. The molecule has 0 amide bonds. The second-order valence-electron chi connectivity index (χ2n) is 3.52. The van der Waals surface area contributed by atoms with Gasteiger partial charge in [-0.3, -0.25) is 14.4 Å². The fourth-order valence-corrected chi connectivity index (χ4v) is 4.10. The summed E-state index contributed by atoms with van der Waals surface area (Å²) in [4.78, 5) is 33.1. The van der Waals surface area contributed by atoms with Crippen LogP contribution in [0.15, 0.2) is 0 Å². The molecule has 0 aliphatic carbocycles. The van der Waals surface area contributed by atoms with Crippen molar-refractivity contribution in [3.05, 3.63) is 0 Å². The number of hydrogen-bond donors (Lipinski definition) is 4. The number of halogens is 1. The van der Waals surface area contributed by atoms with Crippen molar-refractivity contribution in [1.29, 1.82) is 0 Å². The van der Waals surface area contributed by atoms with Gasteiger partial charge in [-0.25, -0.2) is 0 Å². The van der Waals surface area contributed by atoms with Crippen LogP contribution in [0.5, 0.6) is 0 Å². The van der Waals surface area contributed by atoms with Crippen LogP contribution < -0.4 is 11.5 Å². The summed E-state index contributed by atoms with van der Waals surface area (Å²) in [6.45, 7) is 0. The van der Waals surface area contributed by atoms with Gasteiger partial charge in [-0.2, -0.15) is 0 Å². The van der Waals surface area contributed by atoms with Gasteiger partial charge in [-0.15, -0.1) is 0 Å². The number of hydrogen-bond acceptors (Lipinski definition) is 7. The van der Waals surface area contributed by atoms with Gasteiger partial charge < -0.3 is 21.7 Å². The minimum atomic E-state index is -1.33. The third-order valence-electron chi connectivity index (χ3n) is 2.01. The number of rotatable bonds is 10. The van der Waals surface area contributed by atoms with Gasteiger partial charge in [0.05, 0.1) is 5.25 Å². The molecule has 0 fully saturated rings. The van der Waals surface area contributed by atoms with Gasteiger partial charge in [0.1, 0.15) is 17.9 Å². The minimum Gasteiger partial charge on any atom is -0.480 e. The first kappa shape index (κ1) is 18.7. The Morgan fingerprint density at radius 1 is 1.16 bits per heavy atom. The van der Waals surface area contributed by atoms with Gasteiger partial charge in [0.2, 0.25) is 0 Å². The molecule has 3 atom stereocenters. The Balaban J connectivity index is 4.47. The van der Waals surface area contributed by atoms with Crippen LogP contribution in [-0.4, -0.2) is 56.4 Å². The average Bonchev–Trinajstić information content (AvgIpc) is 2.33. The van der Waals surface area contributed by atoms with Crippen LogP contribution in [0.4, 0.5) is 0 Å². The first-order valence-electron chi connectivity index (χ1n) is 5.15. The molecule has 110 valence electrons. The smallest absolute Gasteiger partial charge is 0.322 e. The lowest BCUT2D eigenvalue weighted by Gasteiger charge is -2.18. The third-order valence-corrected chi connectivity index (χ3v) is 5.24. The highest BCUT2D eigenvalue weighted by molar-refractivity contribution is 9.09. The molecule has 0 aliphatic heterocycles. The van der Waals surface area contributed by atoms with Gasteiger partial charge in [0.25, 0.3) is 0 Å². The van der Waals surface area contributed by atoms with Crippen LogP contribution in [-0.2, 0) is 14.4 Å². The lowest BCUT2D eigenvalue weighted by Crippen LogP contribution is -2.44. The Morgan fingerprint density at radius 3 is 2.16 bits per heavy atom. The molecule has 19 heavy (non-hydrogen) atoms. The van der Waals surface area contributed by atoms with E-state index in [2.05, 4.69) is 15.9 Å². The highest BCUT2D eigenvalue weighted by Crippen LogP contribution is 2.30. The van der Waals surface area contributed by atoms with Crippen molar-refractivity contribution in [1.82, 2.24) is 0 Å². The summed E-state index contributed by atoms with van der Waals surface area (Å²) in [6.07, 6.45) is 0.157. The zero-order valence-corrected chi connectivity index (χ0v) is 13.0. The van der Waals surface area contributed by atoms with Crippen LogP contribution in [0.25, 0.3) is 0 Å². The van der Waals surface area contributed by atoms with Gasteiger partial charge in [-0.05, 0) is 0 Å². The Bertz CT molecular complexity index is 345. The van der Waals surface area contributed by atoms with E-state index in [9.17, 15) is 14.4 Å². The molecule has 0 spiro atoms. The van der Waals surface area contributed by atoms with Gasteiger partial charge in [0.15, 0.2) is 0 Å². The molecule has 0 aliphatic rings. The first-order valence-corrected chi connectivity index (χ1v) is 8.65. The molecule has 6 N–H and O–H groups in total. The molecular formula is C9H15BrN2O5S2. The average molecular weight is 375 g/mol. The lowest BCUT2D eigenvalue weighted by molar-refractivity contribution is -0.140. The molecule has 0 aromatic carbocycles. The van der Waals surface area contributed by atoms with Crippen LogP contribution in [0.3, 0.4) is 0 Å². The summed E-state index contributed by atoms with van der Waals surface area (Å²) in [7, 11) is 1.98. The van der Waals surface area contributed by atoms with Crippen molar-refractivity contribution >= 4 is 55.2 Å². The van der Waals surface area contributed by atoms with E-state index in [1.807, 2.05) is 0 Å². The summed E-state index contributed by atoms with van der Waals surface area (Å²) in [6, 6.07) is -2.39. The normalized spacial score (nSPS) is 15.5. The summed E-state index contributed by atoms with van der Waals surface area (Å²) >= 11 is 3.09. The van der Waals surface area contributed by atoms with Crippen molar-refractivity contribution in [3.8, 4) is 0 Å². The van der Waals surface area contributed by atoms with Gasteiger partial charge in [0, 0.05) is 17.5 Å². The van der Waals surface area contributed by atoms with E-state index in [1.165, 1.54) is 0 Å². The molecule has 0 saturated carbocycles. The van der Waals surface area contributed by atoms with E-state index in [1.54, 1.807) is 0 Å². The topological polar surface area (TPSA) is 144 Å². The lowest BCUT2D eigenvalue weighted by atomic mass is 10.1. The number of ketones is 1. The third kappa shape index (κ3) is 7.16. The number of aliphatic carboxylic acids is 2. The van der Waals surface area contributed by atoms with E-state index in [-0.39, 0.29) is 18.0 Å². The van der Waals surface area contributed by atoms with Crippen LogP contribution >= 0.6 is 37.5 Å². The summed E-state index contributed by atoms with van der Waals surface area (Å²) in [5.74, 6) is -2.67. The van der Waals surface area contributed by atoms with E-state index in [0.717, 1.165) is 21.6 Å². The second-order valence-corrected chi connectivity index (χ2v) is 6.86. The maximum absolute atomic E-state index is 11.7. The highest BCUT2D eigenvalue weighted by atomic mass is 79.9. The van der Waals surface area contributed by atoms with Crippen molar-refractivity contribution in [2.24, 2.45) is 11.5 Å². The summed E-state index contributed by atoms with van der Waals surface area (Å²) in [5, 5.41) is 16.9. The number of alkyl halides is 1. The zero-order chi connectivity index (χ0) is 15.0. The number of nitrogens with two attached hydrogens (primary N) is 2. The summed E-state index contributed by atoms with van der Waals surface area (Å²) in [5.41, 5.74) is 10.8. The molecule has 0 radical (unpaired) electrons. The Morgan fingerprint density at radius 2 is 1.74 bits per heavy atom. The minimum absolute atomic E-state index is 0.0600. The van der Waals surface area contributed by atoms with E-state index >= 15 is 0 Å². The number of carboxylic acid groups (broad SMARTS) is 2. The fourth-order valence-electron chi connectivity index (χ4n) is 0.936. The van der Waals surface area contributed by atoms with Crippen LogP contribution in [0.1, 0.15) is 6.42 Å². The van der Waals surface area contributed by atoms with Crippen molar-refractivity contribution in [2.45, 2.75) is 23.8 Å². The Hall–Kier alpha value is -0.290. The molecule has 1 unspecified atom stereocenters. The van der Waals surface area contributed by atoms with Gasteiger partial charge >= 0.3 is 11.9 Å². The quantitative estimate of drug-likeness (QED) is 0.304. The Kier molecular flexibility index (Phi) is 9.44. The van der Waals surface area contributed by atoms with Crippen LogP contribution in [0, 0.1) is 0 Å². The molecule has 0 aromatic rings. The second kappa shape index (κ2) is 9.59. The van der Waals surface area contributed by atoms with Crippen molar-refractivity contribution in [3.63, 3.8) is 0 Å². The van der Waals surface area contributed by atoms with Crippen molar-refractivity contribution in [2.75, 3.05) is 11.1 Å². The SMILES string of the molecule is N[C@H](C(=O)O)C(SSC[C@H](N)C(=O)O)C(=O)CCBr. The molecule has 7 nitrogen and oxygen atoms in total. The molecule has 0 aromatic heterocycles. The Labute approximate surface area is 126 Å². The van der Waals surface area contributed by atoms with Gasteiger partial charge in [-0.1, -0.05) is 37.5 Å². The molecule has 0 rings (SSSR count). The van der Waals surface area contributed by atoms with Crippen molar-refractivity contribution < 1.29 is 24.6 Å². The monoisotopic (exact) mass is 374 g/mol. The maximum Gasteiger partial charge on any atom is 0.322 e. The van der Waals surface area contributed by atoms with Crippen LogP contribution in [0.2, 0.25) is 0 Å². The molecule has 0 heterocycles. The van der Waals surface area contributed by atoms with E-state index < -0.39 is 29.3 Å². The molecule has 0 saturated heterocycles. The fraction of sp³-hybridized carbons (Fsp3) is 0.667. The van der Waals surface area contributed by atoms with E-state index in [4.69, 9.17) is 21.7 Å². The highest BCUT2D eigenvalue weighted by Gasteiger charge is 2.31. The molecule has 0 bridgehead atoms. The number of carbonyl (C=O) groups excluding carboxylic acids is 1. The predicted octanol–water partition coefficient (Wildman–Crippen LogP) is -0.0857. The predicted molar refractivity (Wildman–Crippen MR) is 78.5 cm³/mol. The zero-order valence-electron chi connectivity index (χ0n) is 9.82.